The van der Waals surface area contributed by atoms with Crippen LogP contribution in [0, 0.1) is 5.82 Å². The van der Waals surface area contributed by atoms with Crippen molar-refractivity contribution in [3.8, 4) is 0 Å². The first-order valence-electron chi connectivity index (χ1n) is 10.2. The van der Waals surface area contributed by atoms with Crippen LogP contribution in [0.15, 0.2) is 24.4 Å². The number of benzene rings is 1. The summed E-state index contributed by atoms with van der Waals surface area (Å²) in [4.78, 5) is 19.2. The Kier molecular flexibility index (Phi) is 4.05. The van der Waals surface area contributed by atoms with Crippen LogP contribution >= 0.6 is 0 Å². The Balaban J connectivity index is 1.35. The van der Waals surface area contributed by atoms with Gasteiger partial charge in [0.2, 0.25) is 11.9 Å². The SMILES string of the molecule is Fc1cccc2[nH]c(CNc3nc(N4CCOCC4)nc4c(C5CC5)cnn34)nc12. The third kappa shape index (κ3) is 3.04. The highest BCUT2D eigenvalue weighted by atomic mass is 19.1. The zero-order valence-electron chi connectivity index (χ0n) is 16.3. The van der Waals surface area contributed by atoms with Crippen molar-refractivity contribution in [3.63, 3.8) is 0 Å². The van der Waals surface area contributed by atoms with Gasteiger partial charge in [-0.2, -0.15) is 19.6 Å². The Morgan fingerprint density at radius 2 is 2.03 bits per heavy atom. The van der Waals surface area contributed by atoms with Gasteiger partial charge in [0.05, 0.1) is 31.5 Å². The number of nitrogens with zero attached hydrogens (tertiary/aromatic N) is 6. The number of hydrogen-bond donors (Lipinski definition) is 2. The Morgan fingerprint density at radius 3 is 2.83 bits per heavy atom. The number of rotatable bonds is 5. The van der Waals surface area contributed by atoms with E-state index in [9.17, 15) is 4.39 Å². The van der Waals surface area contributed by atoms with Crippen LogP contribution in [0.25, 0.3) is 16.7 Å². The van der Waals surface area contributed by atoms with E-state index >= 15 is 0 Å². The summed E-state index contributed by atoms with van der Waals surface area (Å²) in [5.74, 6) is 2.08. The molecule has 9 nitrogen and oxygen atoms in total. The molecule has 154 valence electrons. The molecule has 1 aliphatic carbocycles. The lowest BCUT2D eigenvalue weighted by Crippen LogP contribution is -2.37. The van der Waals surface area contributed by atoms with Crippen molar-refractivity contribution in [2.24, 2.45) is 0 Å². The molecule has 4 heterocycles. The van der Waals surface area contributed by atoms with Crippen LogP contribution in [0.5, 0.6) is 0 Å². The van der Waals surface area contributed by atoms with Crippen LogP contribution in [0.4, 0.5) is 16.3 Å². The molecule has 30 heavy (non-hydrogen) atoms. The minimum absolute atomic E-state index is 0.338. The highest BCUT2D eigenvalue weighted by molar-refractivity contribution is 5.75. The number of halogens is 1. The first-order valence-corrected chi connectivity index (χ1v) is 10.2. The molecule has 0 bridgehead atoms. The molecule has 1 aromatic carbocycles. The topological polar surface area (TPSA) is 96.3 Å². The van der Waals surface area contributed by atoms with Gasteiger partial charge in [-0.15, -0.1) is 0 Å². The Morgan fingerprint density at radius 1 is 1.17 bits per heavy atom. The number of fused-ring (bicyclic) bond motifs is 2. The van der Waals surface area contributed by atoms with Crippen molar-refractivity contribution < 1.29 is 9.13 Å². The Bertz CT molecular complexity index is 1220. The quantitative estimate of drug-likeness (QED) is 0.524. The standard InChI is InChI=1S/C20H21FN8O/c21-14-2-1-3-15-17(14)25-16(24-15)11-22-19-27-20(28-6-8-30-9-7-28)26-18-13(12-4-5-12)10-23-29(18)19/h1-3,10,12H,4-9,11H2,(H,24,25)(H,22,26,27). The number of anilines is 2. The fourth-order valence-electron chi connectivity index (χ4n) is 3.88. The van der Waals surface area contributed by atoms with E-state index in [2.05, 4.69) is 25.3 Å². The number of H-pyrrole nitrogens is 1. The van der Waals surface area contributed by atoms with Gasteiger partial charge < -0.3 is 19.9 Å². The van der Waals surface area contributed by atoms with Crippen LogP contribution in [0.1, 0.15) is 30.1 Å². The van der Waals surface area contributed by atoms with Crippen LogP contribution in [0.3, 0.4) is 0 Å². The summed E-state index contributed by atoms with van der Waals surface area (Å²) < 4.78 is 21.2. The van der Waals surface area contributed by atoms with E-state index in [4.69, 9.17) is 14.7 Å². The zero-order valence-corrected chi connectivity index (χ0v) is 16.3. The van der Waals surface area contributed by atoms with Crippen molar-refractivity contribution in [2.45, 2.75) is 25.3 Å². The van der Waals surface area contributed by atoms with Gasteiger partial charge in [0, 0.05) is 18.7 Å². The largest absolute Gasteiger partial charge is 0.378 e. The third-order valence-electron chi connectivity index (χ3n) is 5.62. The summed E-state index contributed by atoms with van der Waals surface area (Å²) in [7, 11) is 0. The molecule has 6 rings (SSSR count). The summed E-state index contributed by atoms with van der Waals surface area (Å²) in [5.41, 5.74) is 3.02. The molecule has 0 spiro atoms. The lowest BCUT2D eigenvalue weighted by molar-refractivity contribution is 0.122. The molecule has 0 unspecified atom stereocenters. The molecule has 1 saturated heterocycles. The van der Waals surface area contributed by atoms with E-state index in [1.165, 1.54) is 24.5 Å². The molecule has 3 aromatic heterocycles. The van der Waals surface area contributed by atoms with Gasteiger partial charge in [0.1, 0.15) is 11.3 Å². The van der Waals surface area contributed by atoms with Crippen LogP contribution in [0.2, 0.25) is 0 Å². The third-order valence-corrected chi connectivity index (χ3v) is 5.62. The fourth-order valence-corrected chi connectivity index (χ4v) is 3.88. The number of aromatic amines is 1. The van der Waals surface area contributed by atoms with Crippen molar-refractivity contribution >= 4 is 28.6 Å². The lowest BCUT2D eigenvalue weighted by Gasteiger charge is -2.27. The van der Waals surface area contributed by atoms with Gasteiger partial charge in [0.15, 0.2) is 11.5 Å². The number of morpholine rings is 1. The predicted molar refractivity (Wildman–Crippen MR) is 109 cm³/mol. The molecule has 2 fully saturated rings. The van der Waals surface area contributed by atoms with E-state index < -0.39 is 0 Å². The van der Waals surface area contributed by atoms with Crippen LogP contribution in [-0.2, 0) is 11.3 Å². The van der Waals surface area contributed by atoms with E-state index in [1.54, 1.807) is 10.6 Å². The first kappa shape index (κ1) is 17.6. The number of aromatic nitrogens is 6. The highest BCUT2D eigenvalue weighted by Gasteiger charge is 2.29. The minimum atomic E-state index is -0.338. The minimum Gasteiger partial charge on any atom is -0.378 e. The smallest absolute Gasteiger partial charge is 0.230 e. The first-order chi connectivity index (χ1) is 14.8. The molecule has 0 atom stereocenters. The zero-order chi connectivity index (χ0) is 20.1. The fraction of sp³-hybridized carbons (Fsp3) is 0.400. The average Bonchev–Trinajstić information content (AvgIpc) is 3.38. The number of imidazole rings is 1. The van der Waals surface area contributed by atoms with Gasteiger partial charge in [-0.3, -0.25) is 0 Å². The van der Waals surface area contributed by atoms with Gasteiger partial charge in [-0.25, -0.2) is 9.37 Å². The number of hydrogen-bond acceptors (Lipinski definition) is 7. The lowest BCUT2D eigenvalue weighted by atomic mass is 10.2. The van der Waals surface area contributed by atoms with Crippen molar-refractivity contribution in [2.75, 3.05) is 36.5 Å². The maximum absolute atomic E-state index is 14.0. The van der Waals surface area contributed by atoms with E-state index in [0.717, 1.165) is 18.7 Å². The molecular formula is C20H21FN8O. The second-order valence-electron chi connectivity index (χ2n) is 7.73. The monoisotopic (exact) mass is 408 g/mol. The number of nitrogens with one attached hydrogen (secondary N) is 2. The van der Waals surface area contributed by atoms with Crippen LogP contribution in [-0.4, -0.2) is 55.9 Å². The molecular weight excluding hydrogens is 387 g/mol. The molecule has 0 amide bonds. The van der Waals surface area contributed by atoms with Gasteiger partial charge >= 0.3 is 0 Å². The van der Waals surface area contributed by atoms with Crippen LogP contribution < -0.4 is 10.2 Å². The predicted octanol–water partition coefficient (Wildman–Crippen LogP) is 2.47. The molecule has 2 N–H and O–H groups in total. The van der Waals surface area contributed by atoms with E-state index in [-0.39, 0.29) is 5.82 Å². The molecule has 10 heteroatoms. The van der Waals surface area contributed by atoms with Crippen molar-refractivity contribution in [1.82, 2.24) is 29.5 Å². The molecule has 0 radical (unpaired) electrons. The molecule has 4 aromatic rings. The van der Waals surface area contributed by atoms with Gasteiger partial charge in [-0.05, 0) is 30.9 Å². The summed E-state index contributed by atoms with van der Waals surface area (Å²) in [5, 5.41) is 7.84. The molecule has 1 saturated carbocycles. The summed E-state index contributed by atoms with van der Waals surface area (Å²) >= 11 is 0. The summed E-state index contributed by atoms with van der Waals surface area (Å²) in [6, 6.07) is 4.88. The normalized spacial score (nSPS) is 17.2. The van der Waals surface area contributed by atoms with E-state index in [0.29, 0.717) is 54.4 Å². The van der Waals surface area contributed by atoms with Crippen molar-refractivity contribution in [3.05, 3.63) is 41.6 Å². The highest BCUT2D eigenvalue weighted by Crippen LogP contribution is 2.42. The second-order valence-corrected chi connectivity index (χ2v) is 7.73. The average molecular weight is 408 g/mol. The Labute approximate surface area is 171 Å². The summed E-state index contributed by atoms with van der Waals surface area (Å²) in [6.07, 6.45) is 4.24. The maximum Gasteiger partial charge on any atom is 0.230 e. The van der Waals surface area contributed by atoms with Gasteiger partial charge in [0.25, 0.3) is 0 Å². The molecule has 1 aliphatic heterocycles. The Hall–Kier alpha value is -3.27. The second kappa shape index (κ2) is 6.91. The van der Waals surface area contributed by atoms with E-state index in [1.807, 2.05) is 12.3 Å². The maximum atomic E-state index is 14.0. The molecule has 2 aliphatic rings. The number of para-hydroxylation sites is 1. The number of ether oxygens (including phenoxy) is 1. The summed E-state index contributed by atoms with van der Waals surface area (Å²) in [6.45, 7) is 3.20. The van der Waals surface area contributed by atoms with Crippen molar-refractivity contribution in [1.29, 1.82) is 0 Å². The van der Waals surface area contributed by atoms with Gasteiger partial charge in [-0.1, -0.05) is 6.07 Å².